The number of carbonyl (C=O) groups excluding carboxylic acids is 2. The van der Waals surface area contributed by atoms with Crippen molar-refractivity contribution in [2.45, 2.75) is 0 Å². The third kappa shape index (κ3) is 5.26. The van der Waals surface area contributed by atoms with Gasteiger partial charge in [-0.1, -0.05) is 24.3 Å². The van der Waals surface area contributed by atoms with Crippen LogP contribution in [-0.4, -0.2) is 32.6 Å². The molecule has 0 spiro atoms. The average Bonchev–Trinajstić information content (AvgIpc) is 2.86. The van der Waals surface area contributed by atoms with Gasteiger partial charge in [-0.2, -0.15) is 0 Å². The molecule has 0 saturated carbocycles. The first-order chi connectivity index (χ1) is 16.1. The van der Waals surface area contributed by atoms with Gasteiger partial charge in [-0.25, -0.2) is 9.89 Å². The van der Waals surface area contributed by atoms with Gasteiger partial charge in [0, 0.05) is 30.9 Å². The van der Waals surface area contributed by atoms with Crippen LogP contribution in [0.15, 0.2) is 109 Å². The summed E-state index contributed by atoms with van der Waals surface area (Å²) in [7, 11) is 0. The van der Waals surface area contributed by atoms with E-state index >= 15 is 0 Å². The summed E-state index contributed by atoms with van der Waals surface area (Å²) in [4.78, 5) is 39.3. The van der Waals surface area contributed by atoms with Gasteiger partial charge >= 0.3 is 0 Å². The Morgan fingerprint density at radius 1 is 0.758 bits per heavy atom. The summed E-state index contributed by atoms with van der Waals surface area (Å²) in [6, 6.07) is 22.4. The van der Waals surface area contributed by atoms with E-state index in [1.807, 2.05) is 30.3 Å². The van der Waals surface area contributed by atoms with Crippen LogP contribution in [0.2, 0.25) is 0 Å². The van der Waals surface area contributed by atoms with Crippen molar-refractivity contribution in [1.82, 2.24) is 14.9 Å². The largest absolute Gasteiger partial charge is 0.457 e. The van der Waals surface area contributed by atoms with Crippen LogP contribution in [0.25, 0.3) is 0 Å². The number of para-hydroxylation sites is 1. The molecule has 8 nitrogen and oxygen atoms in total. The minimum absolute atomic E-state index is 0.189. The number of benzene rings is 2. The van der Waals surface area contributed by atoms with Crippen molar-refractivity contribution in [2.24, 2.45) is 10.7 Å². The summed E-state index contributed by atoms with van der Waals surface area (Å²) in [6.45, 7) is 0. The number of nitrogens with zero attached hydrogens (tertiary/aromatic N) is 4. The molecule has 33 heavy (non-hydrogen) atoms. The van der Waals surface area contributed by atoms with Gasteiger partial charge in [-0.15, -0.1) is 0 Å². The van der Waals surface area contributed by atoms with Gasteiger partial charge in [0.05, 0.1) is 16.8 Å². The van der Waals surface area contributed by atoms with Crippen molar-refractivity contribution < 1.29 is 14.3 Å². The molecule has 0 aliphatic carbocycles. The second-order valence-electron chi connectivity index (χ2n) is 6.81. The Bertz CT molecular complexity index is 1230. The van der Waals surface area contributed by atoms with Gasteiger partial charge in [-0.05, 0) is 48.5 Å². The lowest BCUT2D eigenvalue weighted by molar-refractivity contribution is 0.0711. The highest BCUT2D eigenvalue weighted by Crippen LogP contribution is 2.25. The van der Waals surface area contributed by atoms with Gasteiger partial charge in [0.25, 0.3) is 11.8 Å². The lowest BCUT2D eigenvalue weighted by Crippen LogP contribution is -2.46. The summed E-state index contributed by atoms with van der Waals surface area (Å²) >= 11 is 0. The molecule has 2 amide bonds. The summed E-state index contributed by atoms with van der Waals surface area (Å²) in [6.07, 6.45) is 5.76. The van der Waals surface area contributed by atoms with Gasteiger partial charge in [0.15, 0.2) is 0 Å². The molecular weight excluding hydrogens is 418 g/mol. The molecule has 2 heterocycles. The van der Waals surface area contributed by atoms with Gasteiger partial charge in [-0.3, -0.25) is 19.6 Å². The van der Waals surface area contributed by atoms with Crippen molar-refractivity contribution in [3.8, 4) is 11.5 Å². The number of nitrogens with two attached hydrogens (primary N) is 1. The molecule has 162 valence electrons. The lowest BCUT2D eigenvalue weighted by atomic mass is 10.2. The number of aromatic nitrogens is 2. The van der Waals surface area contributed by atoms with E-state index in [-0.39, 0.29) is 17.1 Å². The van der Waals surface area contributed by atoms with Crippen molar-refractivity contribution in [3.05, 3.63) is 115 Å². The number of rotatable bonds is 5. The first-order valence-electron chi connectivity index (χ1n) is 9.98. The predicted octanol–water partition coefficient (Wildman–Crippen LogP) is 4.20. The molecule has 4 rings (SSSR count). The minimum Gasteiger partial charge on any atom is -0.457 e. The Morgan fingerprint density at radius 2 is 1.36 bits per heavy atom. The van der Waals surface area contributed by atoms with E-state index in [2.05, 4.69) is 15.0 Å². The first kappa shape index (κ1) is 21.4. The number of carbonyl (C=O) groups is 2. The highest BCUT2D eigenvalue weighted by atomic mass is 16.5. The maximum atomic E-state index is 13.2. The van der Waals surface area contributed by atoms with Crippen LogP contribution in [0.5, 0.6) is 11.5 Å². The van der Waals surface area contributed by atoms with E-state index in [4.69, 9.17) is 10.5 Å². The molecule has 4 aromatic rings. The topological polar surface area (TPSA) is 111 Å². The van der Waals surface area contributed by atoms with Crippen molar-refractivity contribution >= 4 is 23.5 Å². The van der Waals surface area contributed by atoms with Crippen LogP contribution in [0.3, 0.4) is 0 Å². The summed E-state index contributed by atoms with van der Waals surface area (Å²) < 4.78 is 5.82. The Kier molecular flexibility index (Phi) is 6.46. The summed E-state index contributed by atoms with van der Waals surface area (Å²) in [5.41, 5.74) is 6.97. The van der Waals surface area contributed by atoms with Crippen LogP contribution in [-0.2, 0) is 0 Å². The molecule has 0 aliphatic rings. The number of ether oxygens (including phenoxy) is 1. The zero-order chi connectivity index (χ0) is 23.0. The smallest absolute Gasteiger partial charge is 0.269 e. The third-order valence-corrected chi connectivity index (χ3v) is 4.49. The Hall–Kier alpha value is -4.85. The van der Waals surface area contributed by atoms with Gasteiger partial charge in [0.2, 0.25) is 5.96 Å². The number of amides is 2. The van der Waals surface area contributed by atoms with Crippen molar-refractivity contribution in [3.63, 3.8) is 0 Å². The summed E-state index contributed by atoms with van der Waals surface area (Å²) in [5, 5.41) is 0. The highest BCUT2D eigenvalue weighted by molar-refractivity contribution is 6.21. The standard InChI is InChI=1S/C25H19N5O3/c26-25(29-20-9-4-12-22(15-20)33-21-10-2-1-3-11-21)30(23(31)18-7-5-13-27-16-18)24(32)19-8-6-14-28-17-19/h1-17H,(H2,26,29). The van der Waals surface area contributed by atoms with E-state index in [0.717, 1.165) is 4.90 Å². The molecule has 2 aromatic carbocycles. The molecule has 0 saturated heterocycles. The number of aliphatic imine (C=N–C) groups is 1. The summed E-state index contributed by atoms with van der Waals surface area (Å²) in [5.74, 6) is -0.426. The van der Waals surface area contributed by atoms with Gasteiger partial charge in [0.1, 0.15) is 11.5 Å². The Morgan fingerprint density at radius 3 is 1.94 bits per heavy atom. The molecule has 0 unspecified atom stereocenters. The zero-order valence-corrected chi connectivity index (χ0v) is 17.4. The highest BCUT2D eigenvalue weighted by Gasteiger charge is 2.28. The number of pyridine rings is 2. The zero-order valence-electron chi connectivity index (χ0n) is 17.4. The second-order valence-corrected chi connectivity index (χ2v) is 6.81. The maximum absolute atomic E-state index is 13.2. The molecule has 2 aromatic heterocycles. The average molecular weight is 437 g/mol. The molecule has 8 heteroatoms. The predicted molar refractivity (Wildman–Crippen MR) is 123 cm³/mol. The molecular formula is C25H19N5O3. The number of guanidine groups is 1. The fourth-order valence-electron chi connectivity index (χ4n) is 2.96. The lowest BCUT2D eigenvalue weighted by Gasteiger charge is -2.20. The van der Waals surface area contributed by atoms with Crippen LogP contribution in [0, 0.1) is 0 Å². The van der Waals surface area contributed by atoms with Crippen LogP contribution in [0.1, 0.15) is 20.7 Å². The molecule has 0 fully saturated rings. The van der Waals surface area contributed by atoms with Crippen molar-refractivity contribution in [2.75, 3.05) is 0 Å². The number of hydrogen-bond acceptors (Lipinski definition) is 6. The number of imide groups is 1. The number of hydrogen-bond donors (Lipinski definition) is 1. The minimum atomic E-state index is -0.658. The quantitative estimate of drug-likeness (QED) is 0.285. The fourth-order valence-corrected chi connectivity index (χ4v) is 2.96. The van der Waals surface area contributed by atoms with E-state index < -0.39 is 11.8 Å². The Labute approximate surface area is 190 Å². The monoisotopic (exact) mass is 437 g/mol. The molecule has 0 bridgehead atoms. The second kappa shape index (κ2) is 9.97. The van der Waals surface area contributed by atoms with Crippen LogP contribution >= 0.6 is 0 Å². The van der Waals surface area contributed by atoms with Gasteiger partial charge < -0.3 is 10.5 Å². The third-order valence-electron chi connectivity index (χ3n) is 4.49. The van der Waals surface area contributed by atoms with E-state index in [1.54, 1.807) is 48.5 Å². The Balaban J connectivity index is 1.67. The first-order valence-corrected chi connectivity index (χ1v) is 9.98. The molecule has 0 atom stereocenters. The normalized spacial score (nSPS) is 11.0. The maximum Gasteiger partial charge on any atom is 0.269 e. The molecule has 0 radical (unpaired) electrons. The van der Waals surface area contributed by atoms with E-state index in [0.29, 0.717) is 17.2 Å². The SMILES string of the molecule is NC(=Nc1cccc(Oc2ccccc2)c1)N(C(=O)c1cccnc1)C(=O)c1cccnc1. The van der Waals surface area contributed by atoms with Crippen LogP contribution < -0.4 is 10.5 Å². The van der Waals surface area contributed by atoms with Crippen molar-refractivity contribution in [1.29, 1.82) is 0 Å². The van der Waals surface area contributed by atoms with Crippen LogP contribution in [0.4, 0.5) is 5.69 Å². The molecule has 2 N–H and O–H groups in total. The van der Waals surface area contributed by atoms with E-state index in [9.17, 15) is 9.59 Å². The van der Waals surface area contributed by atoms with E-state index in [1.165, 1.54) is 24.8 Å². The fraction of sp³-hybridized carbons (Fsp3) is 0. The molecule has 0 aliphatic heterocycles.